The van der Waals surface area contributed by atoms with Crippen LogP contribution in [0.5, 0.6) is 0 Å². The monoisotopic (exact) mass is 273 g/mol. The number of benzene rings is 1. The number of nitrogens with zero attached hydrogens (tertiary/aromatic N) is 2. The number of ether oxygens (including phenoxy) is 1. The molecule has 2 N–H and O–H groups in total. The number of hydrogen-bond donors (Lipinski definition) is 1. The lowest BCUT2D eigenvalue weighted by molar-refractivity contribution is 0.175. The van der Waals surface area contributed by atoms with Crippen molar-refractivity contribution in [1.82, 2.24) is 9.55 Å². The first-order valence-corrected chi connectivity index (χ1v) is 7.54. The molecule has 108 valence electrons. The summed E-state index contributed by atoms with van der Waals surface area (Å²) in [5.41, 5.74) is 8.88. The van der Waals surface area contributed by atoms with Crippen LogP contribution in [0.4, 0.5) is 5.69 Å². The molecule has 1 aliphatic heterocycles. The zero-order valence-electron chi connectivity index (χ0n) is 12.3. The minimum absolute atomic E-state index is 0.424. The average molecular weight is 273 g/mol. The fourth-order valence-electron chi connectivity index (χ4n) is 3.16. The van der Waals surface area contributed by atoms with Crippen LogP contribution < -0.4 is 5.73 Å². The van der Waals surface area contributed by atoms with Gasteiger partial charge in [0.25, 0.3) is 0 Å². The largest absolute Gasteiger partial charge is 0.399 e. The molecule has 0 bridgehead atoms. The van der Waals surface area contributed by atoms with Crippen molar-refractivity contribution in [2.75, 3.05) is 18.9 Å². The molecule has 4 nitrogen and oxygen atoms in total. The number of imidazole rings is 1. The van der Waals surface area contributed by atoms with Gasteiger partial charge in [0, 0.05) is 30.7 Å². The van der Waals surface area contributed by atoms with Crippen LogP contribution in [0.3, 0.4) is 0 Å². The van der Waals surface area contributed by atoms with Gasteiger partial charge in [-0.25, -0.2) is 4.98 Å². The number of aromatic nitrogens is 2. The molecule has 0 aliphatic carbocycles. The maximum Gasteiger partial charge on any atom is 0.110 e. The summed E-state index contributed by atoms with van der Waals surface area (Å²) in [6.45, 7) is 6.23. The van der Waals surface area contributed by atoms with Crippen LogP contribution in [0.2, 0.25) is 0 Å². The molecular weight excluding hydrogens is 250 g/mol. The lowest BCUT2D eigenvalue weighted by Crippen LogP contribution is -2.19. The first-order chi connectivity index (χ1) is 9.70. The number of nitrogen functional groups attached to an aromatic ring is 1. The summed E-state index contributed by atoms with van der Waals surface area (Å²) >= 11 is 0. The molecular formula is C16H23N3O. The smallest absolute Gasteiger partial charge is 0.110 e. The predicted molar refractivity (Wildman–Crippen MR) is 81.8 cm³/mol. The molecule has 2 atom stereocenters. The second-order valence-corrected chi connectivity index (χ2v) is 5.76. The highest BCUT2D eigenvalue weighted by Gasteiger charge is 2.26. The van der Waals surface area contributed by atoms with E-state index in [1.807, 2.05) is 12.1 Å². The van der Waals surface area contributed by atoms with Crippen molar-refractivity contribution in [2.24, 2.45) is 5.92 Å². The van der Waals surface area contributed by atoms with Gasteiger partial charge in [-0.05, 0) is 38.0 Å². The molecule has 1 saturated heterocycles. The molecule has 0 spiro atoms. The van der Waals surface area contributed by atoms with E-state index >= 15 is 0 Å². The van der Waals surface area contributed by atoms with Crippen LogP contribution in [-0.4, -0.2) is 22.8 Å². The molecule has 1 fully saturated rings. The molecule has 2 unspecified atom stereocenters. The Hall–Kier alpha value is -1.55. The second-order valence-electron chi connectivity index (χ2n) is 5.76. The first kappa shape index (κ1) is 13.4. The Labute approximate surface area is 119 Å². The third-order valence-electron chi connectivity index (χ3n) is 4.31. The Morgan fingerprint density at radius 2 is 2.35 bits per heavy atom. The molecule has 20 heavy (non-hydrogen) atoms. The summed E-state index contributed by atoms with van der Waals surface area (Å²) < 4.78 is 7.95. The van der Waals surface area contributed by atoms with Crippen LogP contribution in [0, 0.1) is 5.92 Å². The summed E-state index contributed by atoms with van der Waals surface area (Å²) in [4.78, 5) is 4.80. The van der Waals surface area contributed by atoms with Crippen molar-refractivity contribution in [3.63, 3.8) is 0 Å². The molecule has 2 heterocycles. The van der Waals surface area contributed by atoms with Crippen molar-refractivity contribution in [2.45, 2.75) is 39.2 Å². The highest BCUT2D eigenvalue weighted by atomic mass is 16.5. The number of fused-ring (bicyclic) bond motifs is 1. The lowest BCUT2D eigenvalue weighted by Gasteiger charge is -2.22. The van der Waals surface area contributed by atoms with Crippen molar-refractivity contribution in [3.05, 3.63) is 24.0 Å². The Morgan fingerprint density at radius 3 is 3.05 bits per heavy atom. The number of nitrogens with two attached hydrogens (primary N) is 1. The van der Waals surface area contributed by atoms with Crippen LogP contribution in [0.25, 0.3) is 11.0 Å². The Balaban J connectivity index is 2.07. The number of aryl methyl sites for hydroxylation is 1. The Bertz CT molecular complexity index is 599. The van der Waals surface area contributed by atoms with Gasteiger partial charge in [-0.1, -0.05) is 6.92 Å². The van der Waals surface area contributed by atoms with Gasteiger partial charge in [-0.15, -0.1) is 0 Å². The van der Waals surface area contributed by atoms with Gasteiger partial charge >= 0.3 is 0 Å². The molecule has 1 aliphatic rings. The van der Waals surface area contributed by atoms with E-state index in [9.17, 15) is 0 Å². The molecule has 1 aromatic carbocycles. The van der Waals surface area contributed by atoms with Crippen LogP contribution >= 0.6 is 0 Å². The van der Waals surface area contributed by atoms with E-state index in [2.05, 4.69) is 24.5 Å². The highest BCUT2D eigenvalue weighted by Crippen LogP contribution is 2.31. The molecule has 4 heteroatoms. The van der Waals surface area contributed by atoms with E-state index in [4.69, 9.17) is 15.5 Å². The van der Waals surface area contributed by atoms with Gasteiger partial charge in [0.1, 0.15) is 5.82 Å². The summed E-state index contributed by atoms with van der Waals surface area (Å²) in [6, 6.07) is 6.47. The van der Waals surface area contributed by atoms with E-state index in [0.29, 0.717) is 12.0 Å². The zero-order chi connectivity index (χ0) is 14.1. The summed E-state index contributed by atoms with van der Waals surface area (Å²) in [7, 11) is 0. The normalized spacial score (nSPS) is 20.6. The first-order valence-electron chi connectivity index (χ1n) is 7.54. The standard InChI is InChI=1S/C16H23N3O/c1-3-4-16-18-14-9-13(17)5-6-15(14)19(16)11(2)12-7-8-20-10-12/h5-6,9,11-12H,3-4,7-8,10,17H2,1-2H3. The van der Waals surface area contributed by atoms with Crippen LogP contribution in [0.15, 0.2) is 18.2 Å². The van der Waals surface area contributed by atoms with E-state index in [-0.39, 0.29) is 0 Å². The van der Waals surface area contributed by atoms with E-state index < -0.39 is 0 Å². The quantitative estimate of drug-likeness (QED) is 0.870. The van der Waals surface area contributed by atoms with E-state index in [1.54, 1.807) is 0 Å². The fraction of sp³-hybridized carbons (Fsp3) is 0.562. The summed E-state index contributed by atoms with van der Waals surface area (Å²) in [5.74, 6) is 1.76. The topological polar surface area (TPSA) is 53.1 Å². The second kappa shape index (κ2) is 5.44. The average Bonchev–Trinajstić information content (AvgIpc) is 3.05. The van der Waals surface area contributed by atoms with Gasteiger partial charge in [0.15, 0.2) is 0 Å². The van der Waals surface area contributed by atoms with Gasteiger partial charge in [0.05, 0.1) is 17.6 Å². The zero-order valence-corrected chi connectivity index (χ0v) is 12.3. The lowest BCUT2D eigenvalue weighted by atomic mass is 10.00. The van der Waals surface area contributed by atoms with E-state index in [1.165, 1.54) is 11.3 Å². The van der Waals surface area contributed by atoms with Gasteiger partial charge in [-0.2, -0.15) is 0 Å². The maximum absolute atomic E-state index is 5.89. The Kier molecular flexibility index (Phi) is 3.66. The van der Waals surface area contributed by atoms with Crippen LogP contribution in [-0.2, 0) is 11.2 Å². The highest BCUT2D eigenvalue weighted by molar-refractivity contribution is 5.79. The number of hydrogen-bond acceptors (Lipinski definition) is 3. The van der Waals surface area contributed by atoms with Gasteiger partial charge in [0.2, 0.25) is 0 Å². The van der Waals surface area contributed by atoms with Crippen molar-refractivity contribution < 1.29 is 4.74 Å². The van der Waals surface area contributed by atoms with Crippen molar-refractivity contribution in [3.8, 4) is 0 Å². The molecule has 0 amide bonds. The van der Waals surface area contributed by atoms with Crippen molar-refractivity contribution in [1.29, 1.82) is 0 Å². The third-order valence-corrected chi connectivity index (χ3v) is 4.31. The number of rotatable bonds is 4. The molecule has 2 aromatic rings. The molecule has 0 saturated carbocycles. The number of anilines is 1. The minimum atomic E-state index is 0.424. The SMILES string of the molecule is CCCc1nc2cc(N)ccc2n1C(C)C1CCOC1. The van der Waals surface area contributed by atoms with Gasteiger partial charge in [-0.3, -0.25) is 0 Å². The van der Waals surface area contributed by atoms with E-state index in [0.717, 1.165) is 43.7 Å². The Morgan fingerprint density at radius 1 is 1.50 bits per heavy atom. The molecule has 3 rings (SSSR count). The van der Waals surface area contributed by atoms with Crippen molar-refractivity contribution >= 4 is 16.7 Å². The van der Waals surface area contributed by atoms with Gasteiger partial charge < -0.3 is 15.0 Å². The maximum atomic E-state index is 5.89. The molecule has 1 aromatic heterocycles. The molecule has 0 radical (unpaired) electrons. The summed E-state index contributed by atoms with van der Waals surface area (Å²) in [5, 5.41) is 0. The fourth-order valence-corrected chi connectivity index (χ4v) is 3.16. The summed E-state index contributed by atoms with van der Waals surface area (Å²) in [6.07, 6.45) is 3.25. The minimum Gasteiger partial charge on any atom is -0.399 e. The predicted octanol–water partition coefficient (Wildman–Crippen LogP) is 3.17. The third kappa shape index (κ3) is 2.29. The van der Waals surface area contributed by atoms with Crippen LogP contribution in [0.1, 0.15) is 38.6 Å².